The minimum atomic E-state index is 0.0705. The van der Waals surface area contributed by atoms with E-state index in [4.69, 9.17) is 4.74 Å². The molecule has 0 saturated heterocycles. The zero-order chi connectivity index (χ0) is 24.4. The predicted octanol–water partition coefficient (Wildman–Crippen LogP) is 5.17. The number of fused-ring (bicyclic) bond motifs is 6. The van der Waals surface area contributed by atoms with E-state index < -0.39 is 0 Å². The van der Waals surface area contributed by atoms with Crippen LogP contribution in [0.2, 0.25) is 0 Å². The molecule has 0 aromatic heterocycles. The van der Waals surface area contributed by atoms with E-state index in [1.807, 2.05) is 37.3 Å². The van der Waals surface area contributed by atoms with Crippen molar-refractivity contribution >= 4 is 32.3 Å². The van der Waals surface area contributed by atoms with Gasteiger partial charge in [0, 0.05) is 5.39 Å². The number of rotatable bonds is 3. The fraction of sp³-hybridized carbons (Fsp3) is 0.111. The summed E-state index contributed by atoms with van der Waals surface area (Å²) in [5, 5.41) is 61.3. The molecule has 0 fully saturated rings. The van der Waals surface area contributed by atoms with E-state index in [0.29, 0.717) is 38.7 Å². The van der Waals surface area contributed by atoms with Gasteiger partial charge in [0.1, 0.15) is 47.7 Å². The van der Waals surface area contributed by atoms with Gasteiger partial charge in [-0.15, -0.1) is 0 Å². The van der Waals surface area contributed by atoms with E-state index in [9.17, 15) is 31.6 Å². The molecule has 4 aromatic carbocycles. The maximum atomic E-state index is 9.85. The van der Waals surface area contributed by atoms with E-state index in [2.05, 4.69) is 6.07 Å². The van der Waals surface area contributed by atoms with Crippen LogP contribution in [0.5, 0.6) is 5.75 Å². The van der Waals surface area contributed by atoms with Crippen LogP contribution in [0.3, 0.4) is 0 Å². The summed E-state index contributed by atoms with van der Waals surface area (Å²) in [7, 11) is 0. The lowest BCUT2D eigenvalue weighted by molar-refractivity contribution is 0.320. The zero-order valence-corrected chi connectivity index (χ0v) is 17.9. The smallest absolute Gasteiger partial charge is 0.146 e. The summed E-state index contributed by atoms with van der Waals surface area (Å²) >= 11 is 0. The quantitative estimate of drug-likeness (QED) is 0.402. The molecule has 0 amide bonds. The van der Waals surface area contributed by atoms with E-state index in [-0.39, 0.29) is 45.7 Å². The molecule has 34 heavy (non-hydrogen) atoms. The van der Waals surface area contributed by atoms with Crippen LogP contribution in [0.4, 0.5) is 0 Å². The van der Waals surface area contributed by atoms with Crippen LogP contribution in [0.15, 0.2) is 30.3 Å². The van der Waals surface area contributed by atoms with Crippen LogP contribution in [0, 0.1) is 68.0 Å². The monoisotopic (exact) mass is 436 g/mol. The van der Waals surface area contributed by atoms with Gasteiger partial charge in [-0.1, -0.05) is 6.92 Å². The minimum absolute atomic E-state index is 0.0705. The fourth-order valence-electron chi connectivity index (χ4n) is 4.13. The molecule has 0 atom stereocenters. The van der Waals surface area contributed by atoms with Crippen molar-refractivity contribution in [3.63, 3.8) is 0 Å². The molecule has 156 valence electrons. The molecule has 0 bridgehead atoms. The third-order valence-corrected chi connectivity index (χ3v) is 5.61. The van der Waals surface area contributed by atoms with Crippen molar-refractivity contribution in [2.24, 2.45) is 0 Å². The largest absolute Gasteiger partial charge is 0.491 e. The number of benzene rings is 4. The summed E-state index contributed by atoms with van der Waals surface area (Å²) in [5.74, 6) is 0.210. The van der Waals surface area contributed by atoms with Crippen molar-refractivity contribution in [1.29, 1.82) is 31.6 Å². The third-order valence-electron chi connectivity index (χ3n) is 5.61. The Bertz CT molecular complexity index is 1750. The van der Waals surface area contributed by atoms with Gasteiger partial charge in [0.05, 0.1) is 34.4 Å². The van der Waals surface area contributed by atoms with Gasteiger partial charge in [0.25, 0.3) is 0 Å². The molecule has 0 aliphatic heterocycles. The number of nitrogens with zero attached hydrogens (tertiary/aromatic N) is 6. The molecule has 0 spiro atoms. The molecule has 4 aromatic rings. The van der Waals surface area contributed by atoms with Crippen LogP contribution >= 0.6 is 0 Å². The SMILES string of the molecule is CCCOc1c(C#N)c(C#N)cc2c3cc(C#N)c(C#N)cc3c3cc(C#N)c(C#N)cc3c12. The van der Waals surface area contributed by atoms with Gasteiger partial charge in [-0.2, -0.15) is 31.6 Å². The Morgan fingerprint density at radius 2 is 0.941 bits per heavy atom. The summed E-state index contributed by atoms with van der Waals surface area (Å²) < 4.78 is 5.98. The second-order valence-electron chi connectivity index (χ2n) is 7.46. The molecule has 7 nitrogen and oxygen atoms in total. The fourth-order valence-corrected chi connectivity index (χ4v) is 4.13. The summed E-state index contributed by atoms with van der Waals surface area (Å²) in [6.07, 6.45) is 0.654. The van der Waals surface area contributed by atoms with Gasteiger partial charge in [-0.3, -0.25) is 0 Å². The van der Waals surface area contributed by atoms with Crippen LogP contribution in [0.1, 0.15) is 46.7 Å². The minimum Gasteiger partial charge on any atom is -0.491 e. The molecule has 0 unspecified atom stereocenters. The number of hydrogen-bond acceptors (Lipinski definition) is 7. The van der Waals surface area contributed by atoms with Gasteiger partial charge < -0.3 is 4.74 Å². The molecule has 0 radical (unpaired) electrons. The van der Waals surface area contributed by atoms with Crippen molar-refractivity contribution < 1.29 is 4.74 Å². The highest BCUT2D eigenvalue weighted by Crippen LogP contribution is 2.44. The molecule has 0 aliphatic carbocycles. The van der Waals surface area contributed by atoms with Gasteiger partial charge in [-0.05, 0) is 63.7 Å². The molecule has 0 N–H and O–H groups in total. The summed E-state index contributed by atoms with van der Waals surface area (Å²) in [5.41, 5.74) is 0.802. The van der Waals surface area contributed by atoms with Crippen molar-refractivity contribution in [3.05, 3.63) is 63.7 Å². The summed E-state index contributed by atoms with van der Waals surface area (Å²) in [4.78, 5) is 0. The topological polar surface area (TPSA) is 152 Å². The van der Waals surface area contributed by atoms with Gasteiger partial charge in [0.15, 0.2) is 0 Å². The lowest BCUT2D eigenvalue weighted by atomic mass is 9.87. The molecule has 0 saturated carbocycles. The summed E-state index contributed by atoms with van der Waals surface area (Å²) in [6, 6.07) is 20.0. The highest BCUT2D eigenvalue weighted by Gasteiger charge is 2.22. The lowest BCUT2D eigenvalue weighted by Crippen LogP contribution is -2.02. The predicted molar refractivity (Wildman–Crippen MR) is 123 cm³/mol. The molecule has 7 heteroatoms. The Kier molecular flexibility index (Phi) is 5.41. The van der Waals surface area contributed by atoms with Crippen LogP contribution < -0.4 is 4.74 Å². The number of ether oxygens (including phenoxy) is 1. The average Bonchev–Trinajstić information content (AvgIpc) is 2.89. The van der Waals surface area contributed by atoms with Crippen LogP contribution in [-0.4, -0.2) is 6.61 Å². The van der Waals surface area contributed by atoms with Crippen molar-refractivity contribution in [3.8, 4) is 42.2 Å². The molecular weight excluding hydrogens is 424 g/mol. The average molecular weight is 436 g/mol. The van der Waals surface area contributed by atoms with E-state index >= 15 is 0 Å². The highest BCUT2D eigenvalue weighted by atomic mass is 16.5. The Labute approximate surface area is 194 Å². The molecule has 4 rings (SSSR count). The maximum Gasteiger partial charge on any atom is 0.146 e. The van der Waals surface area contributed by atoms with Crippen LogP contribution in [0.25, 0.3) is 32.3 Å². The zero-order valence-electron chi connectivity index (χ0n) is 17.9. The Morgan fingerprint density at radius 3 is 1.32 bits per heavy atom. The normalized spacial score (nSPS) is 9.97. The first-order chi connectivity index (χ1) is 16.6. The van der Waals surface area contributed by atoms with Crippen molar-refractivity contribution in [2.45, 2.75) is 13.3 Å². The summed E-state index contributed by atoms with van der Waals surface area (Å²) in [6.45, 7) is 2.20. The van der Waals surface area contributed by atoms with E-state index in [1.165, 1.54) is 0 Å². The molecule has 0 aliphatic rings. The first kappa shape index (κ1) is 21.6. The Hall–Kier alpha value is -5.60. The number of nitriles is 6. The van der Waals surface area contributed by atoms with Gasteiger partial charge in [-0.25, -0.2) is 0 Å². The first-order valence-corrected chi connectivity index (χ1v) is 10.2. The van der Waals surface area contributed by atoms with E-state index in [1.54, 1.807) is 30.3 Å². The number of hydrogen-bond donors (Lipinski definition) is 0. The van der Waals surface area contributed by atoms with Crippen molar-refractivity contribution in [1.82, 2.24) is 0 Å². The second kappa shape index (κ2) is 8.50. The van der Waals surface area contributed by atoms with Gasteiger partial charge >= 0.3 is 0 Å². The van der Waals surface area contributed by atoms with Crippen LogP contribution in [-0.2, 0) is 0 Å². The third kappa shape index (κ3) is 3.08. The van der Waals surface area contributed by atoms with E-state index in [0.717, 1.165) is 0 Å². The molecular formula is C27H12N6O. The second-order valence-corrected chi connectivity index (χ2v) is 7.46. The maximum absolute atomic E-state index is 9.85. The molecule has 0 heterocycles. The lowest BCUT2D eigenvalue weighted by Gasteiger charge is -2.17. The Morgan fingerprint density at radius 1 is 0.559 bits per heavy atom. The highest BCUT2D eigenvalue weighted by molar-refractivity contribution is 6.28. The Balaban J connectivity index is 2.44. The standard InChI is InChI=1S/C27H12N6O/c1-2-3-34-27-25(14-33)19(13-32)8-24-22-5-16(10-29)15(9-28)4-20(22)21-6-17(11-30)18(12-31)7-23(21)26(24)27/h4-8H,2-3H2,1H3. The van der Waals surface area contributed by atoms with Crippen molar-refractivity contribution in [2.75, 3.05) is 6.61 Å². The van der Waals surface area contributed by atoms with Gasteiger partial charge in [0.2, 0.25) is 0 Å². The first-order valence-electron chi connectivity index (χ1n) is 10.2.